The van der Waals surface area contributed by atoms with Crippen LogP contribution in [0.1, 0.15) is 27.2 Å². The van der Waals surface area contributed by atoms with E-state index in [-0.39, 0.29) is 12.1 Å². The lowest BCUT2D eigenvalue weighted by atomic mass is 10.3. The van der Waals surface area contributed by atoms with Crippen LogP contribution in [-0.2, 0) is 0 Å². The van der Waals surface area contributed by atoms with Crippen LogP contribution in [0.25, 0.3) is 0 Å². The van der Waals surface area contributed by atoms with Gasteiger partial charge in [-0.1, -0.05) is 13.0 Å². The Balaban J connectivity index is 4.03. The van der Waals surface area contributed by atoms with Crippen LogP contribution < -0.4 is 5.32 Å². The molecule has 0 rings (SSSR count). The van der Waals surface area contributed by atoms with Crippen molar-refractivity contribution in [3.8, 4) is 0 Å². The highest BCUT2D eigenvalue weighted by Gasteiger charge is 2.13. The van der Waals surface area contributed by atoms with Crippen molar-refractivity contribution in [2.45, 2.75) is 33.2 Å². The van der Waals surface area contributed by atoms with Crippen LogP contribution in [0.5, 0.6) is 0 Å². The second kappa shape index (κ2) is 6.52. The molecule has 0 aromatic rings. The van der Waals surface area contributed by atoms with Crippen molar-refractivity contribution in [2.24, 2.45) is 0 Å². The van der Waals surface area contributed by atoms with Crippen LogP contribution in [0.15, 0.2) is 12.7 Å². The Labute approximate surface area is 80.8 Å². The van der Waals surface area contributed by atoms with Crippen LogP contribution in [0.4, 0.5) is 4.79 Å². The Hall–Kier alpha value is -0.990. The topological polar surface area (TPSA) is 32.3 Å². The number of carbonyl (C=O) groups is 1. The van der Waals surface area contributed by atoms with Gasteiger partial charge in [0, 0.05) is 19.1 Å². The zero-order valence-corrected chi connectivity index (χ0v) is 8.84. The first kappa shape index (κ1) is 12.0. The number of nitrogens with one attached hydrogen (secondary N) is 1. The van der Waals surface area contributed by atoms with E-state index in [1.165, 1.54) is 0 Å². The number of hydrogen-bond donors (Lipinski definition) is 1. The number of carbonyl (C=O) groups excluding carboxylic acids is 1. The van der Waals surface area contributed by atoms with Crippen molar-refractivity contribution in [3.05, 3.63) is 12.7 Å². The smallest absolute Gasteiger partial charge is 0.317 e. The van der Waals surface area contributed by atoms with Gasteiger partial charge in [0.1, 0.15) is 0 Å². The molecule has 0 radical (unpaired) electrons. The second-order valence-corrected chi connectivity index (χ2v) is 3.27. The minimum absolute atomic E-state index is 0.00301. The summed E-state index contributed by atoms with van der Waals surface area (Å²) in [7, 11) is 0. The molecule has 0 bridgehead atoms. The highest BCUT2D eigenvalue weighted by molar-refractivity contribution is 5.74. The van der Waals surface area contributed by atoms with E-state index in [1.54, 1.807) is 11.0 Å². The Morgan fingerprint density at radius 2 is 2.23 bits per heavy atom. The summed E-state index contributed by atoms with van der Waals surface area (Å²) in [6.45, 7) is 11.0. The molecule has 0 aliphatic rings. The van der Waals surface area contributed by atoms with E-state index in [1.807, 2.05) is 20.8 Å². The van der Waals surface area contributed by atoms with Gasteiger partial charge in [-0.2, -0.15) is 0 Å². The van der Waals surface area contributed by atoms with Gasteiger partial charge >= 0.3 is 6.03 Å². The largest absolute Gasteiger partial charge is 0.338 e. The van der Waals surface area contributed by atoms with Gasteiger partial charge in [-0.05, 0) is 20.3 Å². The average Bonchev–Trinajstić information content (AvgIpc) is 2.09. The van der Waals surface area contributed by atoms with Crippen LogP contribution in [-0.4, -0.2) is 30.1 Å². The molecule has 0 saturated heterocycles. The summed E-state index contributed by atoms with van der Waals surface area (Å²) in [4.78, 5) is 13.3. The Kier molecular flexibility index (Phi) is 6.02. The van der Waals surface area contributed by atoms with Crippen molar-refractivity contribution >= 4 is 6.03 Å². The van der Waals surface area contributed by atoms with Crippen LogP contribution in [0.3, 0.4) is 0 Å². The van der Waals surface area contributed by atoms with Gasteiger partial charge in [-0.25, -0.2) is 4.79 Å². The molecule has 0 aliphatic carbocycles. The molecule has 0 aromatic heterocycles. The maximum Gasteiger partial charge on any atom is 0.317 e. The minimum atomic E-state index is -0.00301. The van der Waals surface area contributed by atoms with Crippen molar-refractivity contribution in [2.75, 3.05) is 13.1 Å². The van der Waals surface area contributed by atoms with Gasteiger partial charge in [0.2, 0.25) is 0 Å². The molecular weight excluding hydrogens is 164 g/mol. The van der Waals surface area contributed by atoms with Crippen molar-refractivity contribution in [1.82, 2.24) is 10.2 Å². The molecule has 0 atom stereocenters. The summed E-state index contributed by atoms with van der Waals surface area (Å²) in [5.74, 6) is 0. The normalized spacial score (nSPS) is 9.85. The van der Waals surface area contributed by atoms with E-state index in [0.29, 0.717) is 6.54 Å². The molecule has 0 aliphatic heterocycles. The molecule has 0 spiro atoms. The number of nitrogens with zero attached hydrogens (tertiary/aromatic N) is 1. The molecule has 1 N–H and O–H groups in total. The summed E-state index contributed by atoms with van der Waals surface area (Å²) in [6, 6.07) is 0.214. The number of amides is 2. The number of hydrogen-bond acceptors (Lipinski definition) is 1. The molecule has 0 aromatic carbocycles. The van der Waals surface area contributed by atoms with Crippen LogP contribution >= 0.6 is 0 Å². The van der Waals surface area contributed by atoms with Gasteiger partial charge in [-0.3, -0.25) is 0 Å². The Morgan fingerprint density at radius 1 is 1.62 bits per heavy atom. The maximum absolute atomic E-state index is 11.5. The molecule has 0 unspecified atom stereocenters. The van der Waals surface area contributed by atoms with E-state index in [0.717, 1.165) is 13.0 Å². The fourth-order valence-electron chi connectivity index (χ4n) is 1.00. The molecule has 2 amide bonds. The van der Waals surface area contributed by atoms with E-state index < -0.39 is 0 Å². The fourth-order valence-corrected chi connectivity index (χ4v) is 1.00. The van der Waals surface area contributed by atoms with Crippen molar-refractivity contribution in [1.29, 1.82) is 0 Å². The SMILES string of the molecule is C=CCN(C(=O)NCCC)C(C)C. The van der Waals surface area contributed by atoms with Crippen LogP contribution in [0, 0.1) is 0 Å². The summed E-state index contributed by atoms with van der Waals surface area (Å²) >= 11 is 0. The zero-order valence-electron chi connectivity index (χ0n) is 8.84. The third-order valence-electron chi connectivity index (χ3n) is 1.74. The van der Waals surface area contributed by atoms with E-state index >= 15 is 0 Å². The zero-order chi connectivity index (χ0) is 10.3. The van der Waals surface area contributed by atoms with Gasteiger partial charge in [0.15, 0.2) is 0 Å². The lowest BCUT2D eigenvalue weighted by Gasteiger charge is -2.25. The second-order valence-electron chi connectivity index (χ2n) is 3.27. The van der Waals surface area contributed by atoms with E-state index in [4.69, 9.17) is 0 Å². The summed E-state index contributed by atoms with van der Waals surface area (Å²) < 4.78 is 0. The predicted octanol–water partition coefficient (Wildman–Crippen LogP) is 2.00. The quantitative estimate of drug-likeness (QED) is 0.651. The summed E-state index contributed by atoms with van der Waals surface area (Å²) in [6.07, 6.45) is 2.71. The average molecular weight is 184 g/mol. The summed E-state index contributed by atoms with van der Waals surface area (Å²) in [5, 5.41) is 2.84. The van der Waals surface area contributed by atoms with Crippen molar-refractivity contribution < 1.29 is 4.79 Å². The van der Waals surface area contributed by atoms with Gasteiger partial charge in [0.25, 0.3) is 0 Å². The van der Waals surface area contributed by atoms with Gasteiger partial charge in [0.05, 0.1) is 0 Å². The first-order chi connectivity index (χ1) is 6.13. The van der Waals surface area contributed by atoms with Crippen molar-refractivity contribution in [3.63, 3.8) is 0 Å². The standard InChI is InChI=1S/C10H20N2O/c1-5-7-11-10(13)12(8-6-2)9(3)4/h6,9H,2,5,7-8H2,1,3-4H3,(H,11,13). The Bertz CT molecular complexity index is 166. The van der Waals surface area contributed by atoms with E-state index in [2.05, 4.69) is 11.9 Å². The Morgan fingerprint density at radius 3 is 2.62 bits per heavy atom. The first-order valence-electron chi connectivity index (χ1n) is 4.78. The highest BCUT2D eigenvalue weighted by Crippen LogP contribution is 1.98. The third-order valence-corrected chi connectivity index (χ3v) is 1.74. The lowest BCUT2D eigenvalue weighted by Crippen LogP contribution is -2.44. The molecule has 13 heavy (non-hydrogen) atoms. The monoisotopic (exact) mass is 184 g/mol. The molecule has 76 valence electrons. The van der Waals surface area contributed by atoms with Gasteiger partial charge in [-0.15, -0.1) is 6.58 Å². The lowest BCUT2D eigenvalue weighted by molar-refractivity contribution is 0.190. The maximum atomic E-state index is 11.5. The third kappa shape index (κ3) is 4.55. The molecule has 0 heterocycles. The van der Waals surface area contributed by atoms with Gasteiger partial charge < -0.3 is 10.2 Å². The molecule has 0 saturated carbocycles. The number of urea groups is 1. The highest BCUT2D eigenvalue weighted by atomic mass is 16.2. The predicted molar refractivity (Wildman–Crippen MR) is 55.7 cm³/mol. The first-order valence-corrected chi connectivity index (χ1v) is 4.78. The molecular formula is C10H20N2O. The molecule has 3 nitrogen and oxygen atoms in total. The molecule has 0 fully saturated rings. The molecule has 3 heteroatoms. The van der Waals surface area contributed by atoms with E-state index in [9.17, 15) is 4.79 Å². The number of rotatable bonds is 5. The fraction of sp³-hybridized carbons (Fsp3) is 0.700. The van der Waals surface area contributed by atoms with Crippen LogP contribution in [0.2, 0.25) is 0 Å². The minimum Gasteiger partial charge on any atom is -0.338 e. The summed E-state index contributed by atoms with van der Waals surface area (Å²) in [5.41, 5.74) is 0.